The van der Waals surface area contributed by atoms with Gasteiger partial charge >= 0.3 is 5.97 Å². The molecule has 1 fully saturated rings. The lowest BCUT2D eigenvalue weighted by atomic mass is 9.93. The number of carboxylic acids is 1. The third kappa shape index (κ3) is 2.24. The highest BCUT2D eigenvalue weighted by atomic mass is 19.1. The van der Waals surface area contributed by atoms with Crippen LogP contribution in [-0.4, -0.2) is 22.0 Å². The number of hydrogen-bond donors (Lipinski definition) is 2. The van der Waals surface area contributed by atoms with Crippen molar-refractivity contribution in [2.45, 2.75) is 25.3 Å². The van der Waals surface area contributed by atoms with Gasteiger partial charge in [-0.2, -0.15) is 0 Å². The first kappa shape index (κ1) is 12.3. The van der Waals surface area contributed by atoms with Gasteiger partial charge < -0.3 is 10.4 Å². The van der Waals surface area contributed by atoms with Crippen LogP contribution < -0.4 is 5.32 Å². The molecule has 18 heavy (non-hydrogen) atoms. The Balaban J connectivity index is 2.40. The molecule has 0 aliphatic heterocycles. The summed E-state index contributed by atoms with van der Waals surface area (Å²) >= 11 is 0. The Bertz CT molecular complexity index is 514. The SMILES string of the molecule is O=C(O)c1cc([N+](=O)[O-])c(NC2CCC2)cc1F. The summed E-state index contributed by atoms with van der Waals surface area (Å²) in [6, 6.07) is 1.72. The van der Waals surface area contributed by atoms with Gasteiger partial charge in [0.15, 0.2) is 0 Å². The van der Waals surface area contributed by atoms with Crippen molar-refractivity contribution in [1.82, 2.24) is 0 Å². The molecule has 1 aromatic rings. The summed E-state index contributed by atoms with van der Waals surface area (Å²) in [6.45, 7) is 0. The van der Waals surface area contributed by atoms with Crippen LogP contribution in [0.2, 0.25) is 0 Å². The van der Waals surface area contributed by atoms with Crippen LogP contribution in [0.15, 0.2) is 12.1 Å². The number of benzene rings is 1. The zero-order valence-corrected chi connectivity index (χ0v) is 9.35. The highest BCUT2D eigenvalue weighted by Gasteiger charge is 2.25. The number of nitro benzene ring substituents is 1. The fourth-order valence-corrected chi connectivity index (χ4v) is 1.76. The number of nitrogens with zero attached hydrogens (tertiary/aromatic N) is 1. The van der Waals surface area contributed by atoms with Gasteiger partial charge in [0.05, 0.1) is 4.92 Å². The van der Waals surface area contributed by atoms with E-state index in [0.717, 1.165) is 31.4 Å². The van der Waals surface area contributed by atoms with Gasteiger partial charge in [0.1, 0.15) is 17.1 Å². The van der Waals surface area contributed by atoms with E-state index in [4.69, 9.17) is 5.11 Å². The van der Waals surface area contributed by atoms with Gasteiger partial charge in [-0.05, 0) is 19.3 Å². The Morgan fingerprint density at radius 3 is 2.61 bits per heavy atom. The van der Waals surface area contributed by atoms with E-state index in [9.17, 15) is 19.3 Å². The van der Waals surface area contributed by atoms with Crippen molar-refractivity contribution in [3.8, 4) is 0 Å². The molecule has 0 heterocycles. The van der Waals surface area contributed by atoms with Crippen molar-refractivity contribution in [3.63, 3.8) is 0 Å². The summed E-state index contributed by atoms with van der Waals surface area (Å²) < 4.78 is 13.5. The molecule has 0 radical (unpaired) electrons. The van der Waals surface area contributed by atoms with Crippen LogP contribution in [0.1, 0.15) is 29.6 Å². The maximum Gasteiger partial charge on any atom is 0.338 e. The van der Waals surface area contributed by atoms with Gasteiger partial charge in [-0.25, -0.2) is 9.18 Å². The zero-order chi connectivity index (χ0) is 13.3. The second kappa shape index (κ2) is 4.59. The Morgan fingerprint density at radius 1 is 1.50 bits per heavy atom. The van der Waals surface area contributed by atoms with Crippen molar-refractivity contribution in [2.24, 2.45) is 0 Å². The summed E-state index contributed by atoms with van der Waals surface area (Å²) in [5.41, 5.74) is -1.08. The third-order valence-corrected chi connectivity index (χ3v) is 2.98. The van der Waals surface area contributed by atoms with E-state index in [1.54, 1.807) is 0 Å². The van der Waals surface area contributed by atoms with E-state index in [1.807, 2.05) is 0 Å². The lowest BCUT2D eigenvalue weighted by Crippen LogP contribution is -2.27. The molecular formula is C11H11FN2O4. The third-order valence-electron chi connectivity index (χ3n) is 2.98. The lowest BCUT2D eigenvalue weighted by Gasteiger charge is -2.27. The molecule has 96 valence electrons. The molecule has 6 nitrogen and oxygen atoms in total. The highest BCUT2D eigenvalue weighted by molar-refractivity contribution is 5.90. The largest absolute Gasteiger partial charge is 0.478 e. The molecule has 2 rings (SSSR count). The average Bonchev–Trinajstić information content (AvgIpc) is 2.22. The van der Waals surface area contributed by atoms with Gasteiger partial charge in [0, 0.05) is 18.2 Å². The van der Waals surface area contributed by atoms with Gasteiger partial charge in [-0.1, -0.05) is 0 Å². The highest BCUT2D eigenvalue weighted by Crippen LogP contribution is 2.31. The lowest BCUT2D eigenvalue weighted by molar-refractivity contribution is -0.384. The smallest absolute Gasteiger partial charge is 0.338 e. The molecule has 0 atom stereocenters. The number of halogens is 1. The molecule has 0 aromatic heterocycles. The molecule has 0 bridgehead atoms. The van der Waals surface area contributed by atoms with E-state index >= 15 is 0 Å². The van der Waals surface area contributed by atoms with Crippen LogP contribution >= 0.6 is 0 Å². The fourth-order valence-electron chi connectivity index (χ4n) is 1.76. The van der Waals surface area contributed by atoms with Gasteiger partial charge in [-0.3, -0.25) is 10.1 Å². The van der Waals surface area contributed by atoms with Gasteiger partial charge in [0.25, 0.3) is 5.69 Å². The van der Waals surface area contributed by atoms with Crippen LogP contribution in [-0.2, 0) is 0 Å². The van der Waals surface area contributed by atoms with Crippen LogP contribution in [0, 0.1) is 15.9 Å². The Labute approximate surface area is 102 Å². The standard InChI is InChI=1S/C11H11FN2O4/c12-8-5-9(13-6-2-1-3-6)10(14(17)18)4-7(8)11(15)16/h4-6,13H,1-3H2,(H,15,16). The Kier molecular flexibility index (Phi) is 3.14. The van der Waals surface area contributed by atoms with Gasteiger partial charge in [-0.15, -0.1) is 0 Å². The zero-order valence-electron chi connectivity index (χ0n) is 9.35. The quantitative estimate of drug-likeness (QED) is 0.635. The molecule has 0 spiro atoms. The van der Waals surface area contributed by atoms with Crippen LogP contribution in [0.5, 0.6) is 0 Å². The minimum absolute atomic E-state index is 0.0344. The van der Waals surface area contributed by atoms with Gasteiger partial charge in [0.2, 0.25) is 0 Å². The van der Waals surface area contributed by atoms with E-state index in [2.05, 4.69) is 5.32 Å². The number of carboxylic acid groups (broad SMARTS) is 1. The first-order valence-electron chi connectivity index (χ1n) is 5.47. The molecule has 2 N–H and O–H groups in total. The molecule has 1 aliphatic carbocycles. The molecule has 0 unspecified atom stereocenters. The second-order valence-corrected chi connectivity index (χ2v) is 4.18. The monoisotopic (exact) mass is 254 g/mol. The summed E-state index contributed by atoms with van der Waals surface area (Å²) in [5.74, 6) is -2.50. The molecule has 1 saturated carbocycles. The van der Waals surface area contributed by atoms with E-state index in [0.29, 0.717) is 0 Å². The fraction of sp³-hybridized carbons (Fsp3) is 0.364. The van der Waals surface area contributed by atoms with E-state index in [1.165, 1.54) is 0 Å². The predicted molar refractivity (Wildman–Crippen MR) is 61.3 cm³/mol. The second-order valence-electron chi connectivity index (χ2n) is 4.18. The van der Waals surface area contributed by atoms with Crippen molar-refractivity contribution < 1.29 is 19.2 Å². The van der Waals surface area contributed by atoms with E-state index in [-0.39, 0.29) is 11.7 Å². The minimum Gasteiger partial charge on any atom is -0.478 e. The summed E-state index contributed by atoms with van der Waals surface area (Å²) in [4.78, 5) is 20.8. The minimum atomic E-state index is -1.52. The van der Waals surface area contributed by atoms with Crippen molar-refractivity contribution in [2.75, 3.05) is 5.32 Å². The predicted octanol–water partition coefficient (Wildman–Crippen LogP) is 2.40. The van der Waals surface area contributed by atoms with Crippen LogP contribution in [0.4, 0.5) is 15.8 Å². The molecule has 0 saturated heterocycles. The maximum atomic E-state index is 13.5. The number of nitrogens with one attached hydrogen (secondary N) is 1. The molecule has 7 heteroatoms. The number of rotatable bonds is 4. The molecular weight excluding hydrogens is 243 g/mol. The number of aromatic carboxylic acids is 1. The number of nitro groups is 1. The Hall–Kier alpha value is -2.18. The van der Waals surface area contributed by atoms with Crippen LogP contribution in [0.3, 0.4) is 0 Å². The van der Waals surface area contributed by atoms with Crippen molar-refractivity contribution >= 4 is 17.3 Å². The average molecular weight is 254 g/mol. The molecule has 1 aromatic carbocycles. The summed E-state index contributed by atoms with van der Waals surface area (Å²) in [6.07, 6.45) is 2.78. The first-order chi connectivity index (χ1) is 8.49. The molecule has 1 aliphatic rings. The normalized spacial score (nSPS) is 14.9. The maximum absolute atomic E-state index is 13.5. The Morgan fingerprint density at radius 2 is 2.17 bits per heavy atom. The topological polar surface area (TPSA) is 92.5 Å². The number of hydrogen-bond acceptors (Lipinski definition) is 4. The van der Waals surface area contributed by atoms with Crippen molar-refractivity contribution in [1.29, 1.82) is 0 Å². The first-order valence-corrected chi connectivity index (χ1v) is 5.47. The molecule has 0 amide bonds. The summed E-state index contributed by atoms with van der Waals surface area (Å²) in [7, 11) is 0. The number of anilines is 1. The number of carbonyl (C=O) groups is 1. The van der Waals surface area contributed by atoms with E-state index < -0.39 is 28.0 Å². The van der Waals surface area contributed by atoms with Crippen molar-refractivity contribution in [3.05, 3.63) is 33.6 Å². The van der Waals surface area contributed by atoms with Crippen LogP contribution in [0.25, 0.3) is 0 Å². The summed E-state index contributed by atoms with van der Waals surface area (Å²) in [5, 5.41) is 22.4.